The molecule has 0 aromatic heterocycles. The zero-order valence-corrected chi connectivity index (χ0v) is 8.97. The molecule has 7 nitrogen and oxygen atoms in total. The molecule has 17 heavy (non-hydrogen) atoms. The lowest BCUT2D eigenvalue weighted by molar-refractivity contribution is -0.385. The molecule has 1 aromatic carbocycles. The fourth-order valence-electron chi connectivity index (χ4n) is 1.39. The van der Waals surface area contributed by atoms with E-state index in [0.29, 0.717) is 0 Å². The van der Waals surface area contributed by atoms with Crippen LogP contribution in [0.3, 0.4) is 0 Å². The molecule has 1 aromatic rings. The number of esters is 1. The molecule has 0 aliphatic rings. The van der Waals surface area contributed by atoms with E-state index >= 15 is 0 Å². The van der Waals surface area contributed by atoms with Crippen LogP contribution < -0.4 is 5.73 Å². The number of hydrogen-bond acceptors (Lipinski definition) is 6. The lowest BCUT2D eigenvalue weighted by Gasteiger charge is -2.07. The first-order valence-corrected chi connectivity index (χ1v) is 4.55. The maximum atomic E-state index is 11.5. The van der Waals surface area contributed by atoms with E-state index in [4.69, 9.17) is 11.0 Å². The van der Waals surface area contributed by atoms with E-state index in [1.54, 1.807) is 6.07 Å². The van der Waals surface area contributed by atoms with Gasteiger partial charge in [-0.25, -0.2) is 4.79 Å². The van der Waals surface area contributed by atoms with Crippen molar-refractivity contribution in [2.75, 3.05) is 7.11 Å². The van der Waals surface area contributed by atoms with Gasteiger partial charge in [-0.15, -0.1) is 0 Å². The highest BCUT2D eigenvalue weighted by Gasteiger charge is 2.25. The number of rotatable bonds is 3. The third kappa shape index (κ3) is 2.38. The summed E-state index contributed by atoms with van der Waals surface area (Å²) >= 11 is 0. The summed E-state index contributed by atoms with van der Waals surface area (Å²) in [5, 5.41) is 19.5. The zero-order valence-electron chi connectivity index (χ0n) is 8.97. The van der Waals surface area contributed by atoms with E-state index in [1.807, 2.05) is 0 Å². The number of nitriles is 1. The quantitative estimate of drug-likeness (QED) is 0.468. The van der Waals surface area contributed by atoms with Crippen LogP contribution in [0.1, 0.15) is 21.5 Å². The lowest BCUT2D eigenvalue weighted by Crippen LogP contribution is -2.12. The number of ether oxygens (including phenoxy) is 1. The number of benzene rings is 1. The monoisotopic (exact) mass is 235 g/mol. The molecule has 0 saturated carbocycles. The van der Waals surface area contributed by atoms with Crippen molar-refractivity contribution in [3.05, 3.63) is 38.9 Å². The van der Waals surface area contributed by atoms with E-state index in [9.17, 15) is 14.9 Å². The molecule has 0 amide bonds. The van der Waals surface area contributed by atoms with Gasteiger partial charge in [-0.05, 0) is 11.6 Å². The van der Waals surface area contributed by atoms with Crippen molar-refractivity contribution in [1.82, 2.24) is 0 Å². The predicted octanol–water partition coefficient (Wildman–Crippen LogP) is 0.712. The molecular weight excluding hydrogens is 226 g/mol. The highest BCUT2D eigenvalue weighted by molar-refractivity contribution is 5.95. The maximum Gasteiger partial charge on any atom is 0.345 e. The highest BCUT2D eigenvalue weighted by atomic mass is 16.6. The summed E-state index contributed by atoms with van der Waals surface area (Å²) in [6.07, 6.45) is 0. The molecule has 88 valence electrons. The minimum Gasteiger partial charge on any atom is -0.465 e. The van der Waals surface area contributed by atoms with E-state index in [-0.39, 0.29) is 23.2 Å². The zero-order chi connectivity index (χ0) is 13.0. The van der Waals surface area contributed by atoms with Crippen LogP contribution in [0.4, 0.5) is 5.69 Å². The van der Waals surface area contributed by atoms with Crippen LogP contribution in [0.25, 0.3) is 0 Å². The number of nitro groups is 1. The Hall–Kier alpha value is -2.46. The molecule has 0 saturated heterocycles. The number of nitrogens with two attached hydrogens (primary N) is 1. The number of methoxy groups -OCH3 is 1. The van der Waals surface area contributed by atoms with Gasteiger partial charge in [0.15, 0.2) is 0 Å². The predicted molar refractivity (Wildman–Crippen MR) is 57.0 cm³/mol. The Labute approximate surface area is 96.6 Å². The van der Waals surface area contributed by atoms with Gasteiger partial charge in [-0.3, -0.25) is 10.1 Å². The number of carbonyl (C=O) groups is 1. The maximum absolute atomic E-state index is 11.5. The Morgan fingerprint density at radius 2 is 2.29 bits per heavy atom. The van der Waals surface area contributed by atoms with Gasteiger partial charge in [0, 0.05) is 12.6 Å². The summed E-state index contributed by atoms with van der Waals surface area (Å²) in [6.45, 7) is -0.0964. The summed E-state index contributed by atoms with van der Waals surface area (Å²) in [5.41, 5.74) is 5.00. The van der Waals surface area contributed by atoms with Gasteiger partial charge in [0.1, 0.15) is 5.56 Å². The molecule has 2 N–H and O–H groups in total. The fourth-order valence-corrected chi connectivity index (χ4v) is 1.39. The Bertz CT molecular complexity index is 519. The summed E-state index contributed by atoms with van der Waals surface area (Å²) in [5.74, 6) is -0.846. The van der Waals surface area contributed by atoms with Crippen molar-refractivity contribution in [3.8, 4) is 6.07 Å². The van der Waals surface area contributed by atoms with Gasteiger partial charge in [0.05, 0.1) is 23.7 Å². The second-order valence-electron chi connectivity index (χ2n) is 3.09. The Kier molecular flexibility index (Phi) is 3.74. The van der Waals surface area contributed by atoms with Crippen LogP contribution in [0, 0.1) is 21.4 Å². The van der Waals surface area contributed by atoms with E-state index in [2.05, 4.69) is 4.74 Å². The molecule has 0 aliphatic heterocycles. The van der Waals surface area contributed by atoms with Crippen LogP contribution in [-0.2, 0) is 11.3 Å². The van der Waals surface area contributed by atoms with Crippen molar-refractivity contribution < 1.29 is 14.5 Å². The van der Waals surface area contributed by atoms with Crippen molar-refractivity contribution in [3.63, 3.8) is 0 Å². The molecular formula is C10H9N3O4. The van der Waals surface area contributed by atoms with Crippen LogP contribution in [0.15, 0.2) is 12.1 Å². The second kappa shape index (κ2) is 5.05. The number of nitrogens with zero attached hydrogens (tertiary/aromatic N) is 2. The first-order valence-electron chi connectivity index (χ1n) is 4.55. The summed E-state index contributed by atoms with van der Waals surface area (Å²) in [7, 11) is 1.12. The summed E-state index contributed by atoms with van der Waals surface area (Å²) in [6, 6.07) is 4.12. The number of nitro benzene ring substituents is 1. The lowest BCUT2D eigenvalue weighted by atomic mass is 10.0. The Morgan fingerprint density at radius 1 is 1.65 bits per heavy atom. The first kappa shape index (κ1) is 12.6. The van der Waals surface area contributed by atoms with Crippen LogP contribution >= 0.6 is 0 Å². The largest absolute Gasteiger partial charge is 0.465 e. The number of carbonyl (C=O) groups excluding carboxylic acids is 1. The third-order valence-corrected chi connectivity index (χ3v) is 2.13. The first-order chi connectivity index (χ1) is 8.04. The molecule has 1 rings (SSSR count). The normalized spacial score (nSPS) is 9.47. The standard InChI is InChI=1S/C10H9N3O4/c1-17-10(14)9-7(5-12)2-6(4-11)3-8(9)13(15)16/h2-3H,5,12H2,1H3. The van der Waals surface area contributed by atoms with Crippen LogP contribution in [0.5, 0.6) is 0 Å². The Balaban J connectivity index is 3.59. The third-order valence-electron chi connectivity index (χ3n) is 2.13. The molecule has 0 aliphatic carbocycles. The van der Waals surface area contributed by atoms with Crippen molar-refractivity contribution >= 4 is 11.7 Å². The van der Waals surface area contributed by atoms with Gasteiger partial charge < -0.3 is 10.5 Å². The average Bonchev–Trinajstić information content (AvgIpc) is 2.35. The highest BCUT2D eigenvalue weighted by Crippen LogP contribution is 2.25. The second-order valence-corrected chi connectivity index (χ2v) is 3.09. The van der Waals surface area contributed by atoms with Gasteiger partial charge in [0.2, 0.25) is 0 Å². The van der Waals surface area contributed by atoms with Crippen LogP contribution in [0.2, 0.25) is 0 Å². The molecule has 0 spiro atoms. The summed E-state index contributed by atoms with van der Waals surface area (Å²) in [4.78, 5) is 21.5. The number of hydrogen-bond donors (Lipinski definition) is 1. The molecule has 0 bridgehead atoms. The fraction of sp³-hybridized carbons (Fsp3) is 0.200. The SMILES string of the molecule is COC(=O)c1c(CN)cc(C#N)cc1[N+](=O)[O-]. The summed E-state index contributed by atoms with van der Waals surface area (Å²) < 4.78 is 4.46. The minimum atomic E-state index is -0.846. The van der Waals surface area contributed by atoms with Gasteiger partial charge in [-0.1, -0.05) is 0 Å². The van der Waals surface area contributed by atoms with Crippen molar-refractivity contribution in [2.24, 2.45) is 5.73 Å². The van der Waals surface area contributed by atoms with E-state index in [1.165, 1.54) is 6.07 Å². The van der Waals surface area contributed by atoms with Crippen molar-refractivity contribution in [1.29, 1.82) is 5.26 Å². The minimum absolute atomic E-state index is 0.0739. The smallest absolute Gasteiger partial charge is 0.345 e. The molecule has 0 radical (unpaired) electrons. The van der Waals surface area contributed by atoms with E-state index in [0.717, 1.165) is 13.2 Å². The van der Waals surface area contributed by atoms with E-state index < -0.39 is 16.6 Å². The molecule has 0 heterocycles. The average molecular weight is 235 g/mol. The molecule has 0 atom stereocenters. The van der Waals surface area contributed by atoms with Gasteiger partial charge in [-0.2, -0.15) is 5.26 Å². The van der Waals surface area contributed by atoms with Gasteiger partial charge in [0.25, 0.3) is 5.69 Å². The molecule has 0 unspecified atom stereocenters. The van der Waals surface area contributed by atoms with Crippen molar-refractivity contribution in [2.45, 2.75) is 6.54 Å². The Morgan fingerprint density at radius 3 is 2.71 bits per heavy atom. The topological polar surface area (TPSA) is 119 Å². The molecule has 7 heteroatoms. The van der Waals surface area contributed by atoms with Gasteiger partial charge >= 0.3 is 5.97 Å². The molecule has 0 fully saturated rings. The van der Waals surface area contributed by atoms with Crippen LogP contribution in [-0.4, -0.2) is 18.0 Å².